The Labute approximate surface area is 224 Å². The van der Waals surface area contributed by atoms with Crippen molar-refractivity contribution in [2.24, 2.45) is 5.10 Å². The number of hydrogen-bond acceptors (Lipinski definition) is 6. The summed E-state index contributed by atoms with van der Waals surface area (Å²) in [6.07, 6.45) is 2.33. The molecule has 1 amide bonds. The Morgan fingerprint density at radius 3 is 2.41 bits per heavy atom. The van der Waals surface area contributed by atoms with Gasteiger partial charge < -0.3 is 9.15 Å². The summed E-state index contributed by atoms with van der Waals surface area (Å²) in [5.74, 6) is 1.47. The monoisotopic (exact) mass is 558 g/mol. The summed E-state index contributed by atoms with van der Waals surface area (Å²) >= 11 is 3.48. The first-order chi connectivity index (χ1) is 18.0. The fourth-order valence-corrected chi connectivity index (χ4v) is 4.46. The molecule has 1 atom stereocenters. The van der Waals surface area contributed by atoms with Gasteiger partial charge in [-0.25, -0.2) is 5.01 Å². The van der Waals surface area contributed by atoms with E-state index in [1.807, 2.05) is 43.3 Å². The molecule has 4 aromatic rings. The summed E-state index contributed by atoms with van der Waals surface area (Å²) < 4.78 is 12.5. The Hall–Kier alpha value is -3.78. The number of carbonyl (C=O) groups is 1. The summed E-state index contributed by atoms with van der Waals surface area (Å²) in [4.78, 5) is 13.3. The van der Waals surface area contributed by atoms with E-state index in [0.717, 1.165) is 39.7 Å². The first kappa shape index (κ1) is 24.9. The third kappa shape index (κ3) is 5.80. The molecule has 188 valence electrons. The lowest BCUT2D eigenvalue weighted by Crippen LogP contribution is -2.31. The lowest BCUT2D eigenvalue weighted by molar-refractivity contribution is -0.135. The van der Waals surface area contributed by atoms with Gasteiger partial charge in [-0.15, -0.1) is 10.2 Å². The molecular weight excluding hydrogens is 532 g/mol. The van der Waals surface area contributed by atoms with Crippen LogP contribution in [0.1, 0.15) is 48.4 Å². The van der Waals surface area contributed by atoms with Gasteiger partial charge in [0.05, 0.1) is 11.8 Å². The molecule has 1 aliphatic rings. The lowest BCUT2D eigenvalue weighted by Gasteiger charge is -2.22. The van der Waals surface area contributed by atoms with Gasteiger partial charge in [0.15, 0.2) is 6.61 Å². The molecule has 5 rings (SSSR count). The Morgan fingerprint density at radius 1 is 1.00 bits per heavy atom. The van der Waals surface area contributed by atoms with Crippen LogP contribution in [0.2, 0.25) is 0 Å². The number of rotatable bonds is 8. The van der Waals surface area contributed by atoms with Gasteiger partial charge in [0.1, 0.15) is 5.75 Å². The first-order valence-electron chi connectivity index (χ1n) is 12.3. The highest BCUT2D eigenvalue weighted by Gasteiger charge is 2.33. The zero-order valence-corrected chi connectivity index (χ0v) is 22.3. The number of ether oxygens (including phenoxy) is 1. The molecule has 0 spiro atoms. The van der Waals surface area contributed by atoms with Gasteiger partial charge >= 0.3 is 0 Å². The van der Waals surface area contributed by atoms with Crippen molar-refractivity contribution in [2.45, 2.75) is 39.2 Å². The van der Waals surface area contributed by atoms with Gasteiger partial charge in [0.2, 0.25) is 11.8 Å². The molecule has 3 aromatic carbocycles. The number of benzene rings is 3. The number of nitrogens with zero attached hydrogens (tertiary/aromatic N) is 4. The summed E-state index contributed by atoms with van der Waals surface area (Å²) in [6.45, 7) is 3.99. The quantitative estimate of drug-likeness (QED) is 0.246. The molecule has 37 heavy (non-hydrogen) atoms. The second kappa shape index (κ2) is 11.1. The maximum absolute atomic E-state index is 13.3. The molecule has 2 heterocycles. The van der Waals surface area contributed by atoms with Crippen molar-refractivity contribution in [1.82, 2.24) is 15.2 Å². The SMILES string of the molecule is CCCc1nnc(-c2ccc(OCC(=O)N3N=C(c4ccc(Br)cc4)CC3c3ccc(C)cc3)cc2)o1. The fraction of sp³-hybridized carbons (Fsp3) is 0.241. The second-order valence-electron chi connectivity index (χ2n) is 8.99. The zero-order chi connectivity index (χ0) is 25.8. The highest BCUT2D eigenvalue weighted by Crippen LogP contribution is 2.33. The fourth-order valence-electron chi connectivity index (χ4n) is 4.20. The van der Waals surface area contributed by atoms with Gasteiger partial charge in [0, 0.05) is 22.9 Å². The third-order valence-electron chi connectivity index (χ3n) is 6.20. The Balaban J connectivity index is 1.30. The molecule has 1 aliphatic heterocycles. The van der Waals surface area contributed by atoms with E-state index in [0.29, 0.717) is 24.0 Å². The first-order valence-corrected chi connectivity index (χ1v) is 13.1. The number of amides is 1. The van der Waals surface area contributed by atoms with Crippen LogP contribution in [0, 0.1) is 6.92 Å². The minimum absolute atomic E-state index is 0.125. The average molecular weight is 559 g/mol. The van der Waals surface area contributed by atoms with E-state index >= 15 is 0 Å². The summed E-state index contributed by atoms with van der Waals surface area (Å²) in [5.41, 5.74) is 4.88. The molecule has 0 radical (unpaired) electrons. The summed E-state index contributed by atoms with van der Waals surface area (Å²) in [5, 5.41) is 14.5. The smallest absolute Gasteiger partial charge is 0.281 e. The predicted molar refractivity (Wildman–Crippen MR) is 145 cm³/mol. The van der Waals surface area contributed by atoms with Crippen LogP contribution < -0.4 is 4.74 Å². The van der Waals surface area contributed by atoms with Crippen LogP contribution >= 0.6 is 15.9 Å². The average Bonchev–Trinajstić information content (AvgIpc) is 3.57. The van der Waals surface area contributed by atoms with E-state index in [1.165, 1.54) is 5.56 Å². The Kier molecular flexibility index (Phi) is 7.46. The number of hydrogen-bond donors (Lipinski definition) is 0. The van der Waals surface area contributed by atoms with Crippen LogP contribution in [-0.2, 0) is 11.2 Å². The van der Waals surface area contributed by atoms with Crippen molar-refractivity contribution in [3.63, 3.8) is 0 Å². The van der Waals surface area contributed by atoms with Crippen molar-refractivity contribution in [3.8, 4) is 17.2 Å². The van der Waals surface area contributed by atoms with Gasteiger partial charge in [-0.2, -0.15) is 5.10 Å². The molecule has 7 nitrogen and oxygen atoms in total. The summed E-state index contributed by atoms with van der Waals surface area (Å²) in [7, 11) is 0. The molecule has 0 N–H and O–H groups in total. The third-order valence-corrected chi connectivity index (χ3v) is 6.73. The molecule has 1 unspecified atom stereocenters. The Bertz CT molecular complexity index is 1400. The van der Waals surface area contributed by atoms with Crippen molar-refractivity contribution in [2.75, 3.05) is 6.61 Å². The van der Waals surface area contributed by atoms with Gasteiger partial charge in [-0.05, 0) is 60.9 Å². The number of aromatic nitrogens is 2. The lowest BCUT2D eigenvalue weighted by atomic mass is 9.98. The van der Waals surface area contributed by atoms with Gasteiger partial charge in [-0.3, -0.25) is 4.79 Å². The highest BCUT2D eigenvalue weighted by atomic mass is 79.9. The van der Waals surface area contributed by atoms with Crippen molar-refractivity contribution in [3.05, 3.63) is 99.9 Å². The molecule has 1 aromatic heterocycles. The van der Waals surface area contributed by atoms with Gasteiger partial charge in [0.25, 0.3) is 5.91 Å². The van der Waals surface area contributed by atoms with Crippen LogP contribution in [0.25, 0.3) is 11.5 Å². The highest BCUT2D eigenvalue weighted by molar-refractivity contribution is 9.10. The van der Waals surface area contributed by atoms with E-state index in [-0.39, 0.29) is 18.6 Å². The molecule has 0 saturated heterocycles. The van der Waals surface area contributed by atoms with E-state index in [2.05, 4.69) is 57.3 Å². The molecule has 0 bridgehead atoms. The molecular formula is C29H27BrN4O3. The van der Waals surface area contributed by atoms with E-state index in [9.17, 15) is 4.79 Å². The van der Waals surface area contributed by atoms with E-state index in [4.69, 9.17) is 14.3 Å². The van der Waals surface area contributed by atoms with Crippen molar-refractivity contribution < 1.29 is 13.9 Å². The molecule has 0 fully saturated rings. The number of hydrazone groups is 1. The van der Waals surface area contributed by atoms with Crippen LogP contribution in [0.15, 0.2) is 86.8 Å². The number of aryl methyl sites for hydroxylation is 2. The standard InChI is InChI=1S/C29H27BrN4O3/c1-3-4-27-31-32-29(37-27)22-11-15-24(16-12-22)36-18-28(35)34-26(21-7-5-19(2)6-8-21)17-25(33-34)20-9-13-23(30)14-10-20/h5-16,26H,3-4,17-18H2,1-2H3. The minimum Gasteiger partial charge on any atom is -0.484 e. The van der Waals surface area contributed by atoms with E-state index in [1.54, 1.807) is 17.1 Å². The van der Waals surface area contributed by atoms with E-state index < -0.39 is 0 Å². The topological polar surface area (TPSA) is 80.8 Å². The minimum atomic E-state index is -0.206. The number of carbonyl (C=O) groups excluding carboxylic acids is 1. The second-order valence-corrected chi connectivity index (χ2v) is 9.90. The summed E-state index contributed by atoms with van der Waals surface area (Å²) in [6, 6.07) is 23.3. The van der Waals surface area contributed by atoms with Crippen LogP contribution in [0.5, 0.6) is 5.75 Å². The number of halogens is 1. The zero-order valence-electron chi connectivity index (χ0n) is 20.7. The maximum Gasteiger partial charge on any atom is 0.281 e. The Morgan fingerprint density at radius 2 is 1.70 bits per heavy atom. The molecule has 0 aliphatic carbocycles. The molecule has 0 saturated carbocycles. The van der Waals surface area contributed by atoms with Crippen LogP contribution in [0.4, 0.5) is 0 Å². The molecule has 8 heteroatoms. The van der Waals surface area contributed by atoms with Gasteiger partial charge in [-0.1, -0.05) is 64.8 Å². The van der Waals surface area contributed by atoms with Crippen molar-refractivity contribution >= 4 is 27.5 Å². The predicted octanol–water partition coefficient (Wildman–Crippen LogP) is 6.52. The largest absolute Gasteiger partial charge is 0.484 e. The normalized spacial score (nSPS) is 15.1. The van der Waals surface area contributed by atoms with Crippen molar-refractivity contribution in [1.29, 1.82) is 0 Å². The maximum atomic E-state index is 13.3. The van der Waals surface area contributed by atoms with Crippen LogP contribution in [0.3, 0.4) is 0 Å². The van der Waals surface area contributed by atoms with Crippen LogP contribution in [-0.4, -0.2) is 33.4 Å².